The zero-order valence-electron chi connectivity index (χ0n) is 12.7. The standard InChI is InChI=1S/C15H20N4OS/c1-10(18-20)14-13(17-15(16-2)21-14)12-7-5-11(6-8-12)9-19(3)4/h5-8,20H,9H2,1-4H3,(H,16,17)/b18-10+. The highest BCUT2D eigenvalue weighted by Crippen LogP contribution is 2.31. The van der Waals surface area contributed by atoms with Crippen LogP contribution in [0.5, 0.6) is 0 Å². The number of hydrogen-bond donors (Lipinski definition) is 2. The van der Waals surface area contributed by atoms with Crippen molar-refractivity contribution in [3.63, 3.8) is 0 Å². The lowest BCUT2D eigenvalue weighted by Crippen LogP contribution is -2.10. The van der Waals surface area contributed by atoms with E-state index in [9.17, 15) is 0 Å². The van der Waals surface area contributed by atoms with Crippen LogP contribution in [-0.2, 0) is 6.54 Å². The van der Waals surface area contributed by atoms with Crippen molar-refractivity contribution in [3.8, 4) is 11.3 Å². The molecule has 0 unspecified atom stereocenters. The highest BCUT2D eigenvalue weighted by atomic mass is 32.1. The van der Waals surface area contributed by atoms with Gasteiger partial charge in [0.15, 0.2) is 5.13 Å². The molecule has 6 heteroatoms. The van der Waals surface area contributed by atoms with Gasteiger partial charge in [-0.2, -0.15) is 0 Å². The lowest BCUT2D eigenvalue weighted by Gasteiger charge is -2.10. The zero-order valence-corrected chi connectivity index (χ0v) is 13.5. The van der Waals surface area contributed by atoms with Crippen molar-refractivity contribution >= 4 is 22.2 Å². The summed E-state index contributed by atoms with van der Waals surface area (Å²) in [5, 5.41) is 16.2. The summed E-state index contributed by atoms with van der Waals surface area (Å²) >= 11 is 1.48. The maximum atomic E-state index is 9.03. The maximum Gasteiger partial charge on any atom is 0.183 e. The molecule has 5 nitrogen and oxygen atoms in total. The number of oxime groups is 1. The van der Waals surface area contributed by atoms with Gasteiger partial charge in [-0.1, -0.05) is 40.8 Å². The summed E-state index contributed by atoms with van der Waals surface area (Å²) in [6, 6.07) is 8.31. The van der Waals surface area contributed by atoms with E-state index in [1.54, 1.807) is 6.92 Å². The van der Waals surface area contributed by atoms with Crippen LogP contribution in [0.3, 0.4) is 0 Å². The van der Waals surface area contributed by atoms with E-state index in [4.69, 9.17) is 5.21 Å². The number of rotatable bonds is 5. The first kappa shape index (κ1) is 15.5. The van der Waals surface area contributed by atoms with Gasteiger partial charge in [-0.3, -0.25) is 0 Å². The van der Waals surface area contributed by atoms with E-state index >= 15 is 0 Å². The van der Waals surface area contributed by atoms with E-state index in [0.717, 1.165) is 27.8 Å². The van der Waals surface area contributed by atoms with Crippen LogP contribution < -0.4 is 5.32 Å². The second kappa shape index (κ2) is 6.69. The van der Waals surface area contributed by atoms with Gasteiger partial charge in [0.2, 0.25) is 0 Å². The largest absolute Gasteiger partial charge is 0.411 e. The van der Waals surface area contributed by atoms with Crippen LogP contribution >= 0.6 is 11.3 Å². The van der Waals surface area contributed by atoms with Crippen molar-refractivity contribution in [2.24, 2.45) is 5.16 Å². The van der Waals surface area contributed by atoms with Crippen LogP contribution in [-0.4, -0.2) is 41.9 Å². The van der Waals surface area contributed by atoms with Gasteiger partial charge in [0.1, 0.15) is 0 Å². The van der Waals surface area contributed by atoms with Crippen LogP contribution in [0.2, 0.25) is 0 Å². The van der Waals surface area contributed by atoms with Crippen molar-refractivity contribution in [2.75, 3.05) is 26.5 Å². The molecule has 0 amide bonds. The highest BCUT2D eigenvalue weighted by molar-refractivity contribution is 7.18. The van der Waals surface area contributed by atoms with Crippen molar-refractivity contribution in [1.82, 2.24) is 9.88 Å². The van der Waals surface area contributed by atoms with Gasteiger partial charge in [0, 0.05) is 19.2 Å². The zero-order chi connectivity index (χ0) is 15.4. The van der Waals surface area contributed by atoms with Crippen molar-refractivity contribution < 1.29 is 5.21 Å². The quantitative estimate of drug-likeness (QED) is 0.506. The Labute approximate surface area is 128 Å². The number of aromatic nitrogens is 1. The second-order valence-corrected chi connectivity index (χ2v) is 6.07. The van der Waals surface area contributed by atoms with E-state index in [2.05, 4.69) is 44.6 Å². The Morgan fingerprint density at radius 2 is 2.00 bits per heavy atom. The molecule has 2 N–H and O–H groups in total. The predicted octanol–water partition coefficient (Wildman–Crippen LogP) is 3.11. The van der Waals surface area contributed by atoms with Gasteiger partial charge in [0.05, 0.1) is 16.3 Å². The molecule has 2 aromatic rings. The minimum atomic E-state index is 0.571. The summed E-state index contributed by atoms with van der Waals surface area (Å²) in [4.78, 5) is 7.57. The van der Waals surface area contributed by atoms with Crippen LogP contribution in [0, 0.1) is 0 Å². The first-order valence-corrected chi connectivity index (χ1v) is 7.48. The van der Waals surface area contributed by atoms with Crippen LogP contribution in [0.15, 0.2) is 29.4 Å². The Kier molecular flexibility index (Phi) is 4.93. The topological polar surface area (TPSA) is 60.8 Å². The van der Waals surface area contributed by atoms with Gasteiger partial charge < -0.3 is 15.4 Å². The molecule has 0 radical (unpaired) electrons. The van der Waals surface area contributed by atoms with E-state index in [0.29, 0.717) is 5.71 Å². The summed E-state index contributed by atoms with van der Waals surface area (Å²) in [6.45, 7) is 2.68. The Bertz CT molecular complexity index is 632. The van der Waals surface area contributed by atoms with Gasteiger partial charge in [-0.15, -0.1) is 0 Å². The average molecular weight is 304 g/mol. The van der Waals surface area contributed by atoms with Gasteiger partial charge >= 0.3 is 0 Å². The molecule has 0 bridgehead atoms. The minimum Gasteiger partial charge on any atom is -0.411 e. The molecule has 1 heterocycles. The fourth-order valence-corrected chi connectivity index (χ4v) is 2.93. The Hall–Kier alpha value is -1.92. The molecule has 0 aliphatic carbocycles. The van der Waals surface area contributed by atoms with Gasteiger partial charge in [-0.05, 0) is 26.6 Å². The number of nitrogens with zero attached hydrogens (tertiary/aromatic N) is 3. The third kappa shape index (κ3) is 3.59. The first-order valence-electron chi connectivity index (χ1n) is 6.66. The smallest absolute Gasteiger partial charge is 0.183 e. The van der Waals surface area contributed by atoms with Crippen LogP contribution in [0.4, 0.5) is 5.13 Å². The summed E-state index contributed by atoms with van der Waals surface area (Å²) in [6.07, 6.45) is 0. The van der Waals surface area contributed by atoms with Crippen LogP contribution in [0.1, 0.15) is 17.4 Å². The summed E-state index contributed by atoms with van der Waals surface area (Å²) in [5.74, 6) is 0. The summed E-state index contributed by atoms with van der Waals surface area (Å²) in [7, 11) is 5.93. The molecule has 0 aliphatic rings. The molecule has 2 rings (SSSR count). The summed E-state index contributed by atoms with van der Waals surface area (Å²) in [5.41, 5.74) is 3.69. The first-order chi connectivity index (χ1) is 10.0. The molecule has 21 heavy (non-hydrogen) atoms. The van der Waals surface area contributed by atoms with Gasteiger partial charge in [-0.25, -0.2) is 4.98 Å². The third-order valence-electron chi connectivity index (χ3n) is 3.05. The highest BCUT2D eigenvalue weighted by Gasteiger charge is 2.15. The molecule has 0 fully saturated rings. The lowest BCUT2D eigenvalue weighted by atomic mass is 10.1. The van der Waals surface area contributed by atoms with Crippen molar-refractivity contribution in [2.45, 2.75) is 13.5 Å². The van der Waals surface area contributed by atoms with Gasteiger partial charge in [0.25, 0.3) is 0 Å². The average Bonchev–Trinajstić information content (AvgIpc) is 2.91. The number of nitrogens with one attached hydrogen (secondary N) is 1. The maximum absolute atomic E-state index is 9.03. The molecule has 0 atom stereocenters. The van der Waals surface area contributed by atoms with Crippen molar-refractivity contribution in [3.05, 3.63) is 34.7 Å². The number of thiazole rings is 1. The molecule has 112 valence electrons. The minimum absolute atomic E-state index is 0.571. The molecular formula is C15H20N4OS. The molecule has 0 saturated heterocycles. The van der Waals surface area contributed by atoms with E-state index in [1.807, 2.05) is 21.1 Å². The van der Waals surface area contributed by atoms with Crippen molar-refractivity contribution in [1.29, 1.82) is 0 Å². The lowest BCUT2D eigenvalue weighted by molar-refractivity contribution is 0.319. The predicted molar refractivity (Wildman–Crippen MR) is 88.5 cm³/mol. The molecule has 0 saturated carbocycles. The Morgan fingerprint density at radius 1 is 1.33 bits per heavy atom. The number of anilines is 1. The summed E-state index contributed by atoms with van der Waals surface area (Å²) < 4.78 is 0. The SMILES string of the molecule is CNc1nc(-c2ccc(CN(C)C)cc2)c(/C(C)=N/O)s1. The van der Waals surface area contributed by atoms with E-state index in [-0.39, 0.29) is 0 Å². The monoisotopic (exact) mass is 304 g/mol. The second-order valence-electron chi connectivity index (χ2n) is 5.07. The molecule has 0 aliphatic heterocycles. The number of benzene rings is 1. The Balaban J connectivity index is 2.39. The third-order valence-corrected chi connectivity index (χ3v) is 4.23. The molecule has 1 aromatic heterocycles. The molecule has 1 aromatic carbocycles. The van der Waals surface area contributed by atoms with Crippen LogP contribution in [0.25, 0.3) is 11.3 Å². The van der Waals surface area contributed by atoms with E-state index in [1.165, 1.54) is 16.9 Å². The number of hydrogen-bond acceptors (Lipinski definition) is 6. The van der Waals surface area contributed by atoms with E-state index < -0.39 is 0 Å². The molecule has 0 spiro atoms. The fourth-order valence-electron chi connectivity index (χ4n) is 2.05. The normalized spacial score (nSPS) is 12.0. The fraction of sp³-hybridized carbons (Fsp3) is 0.333. The molecular weight excluding hydrogens is 284 g/mol. The Morgan fingerprint density at radius 3 is 2.52 bits per heavy atom.